The van der Waals surface area contributed by atoms with E-state index in [1.807, 2.05) is 4.90 Å². The van der Waals surface area contributed by atoms with Crippen molar-refractivity contribution in [3.63, 3.8) is 0 Å². The lowest BCUT2D eigenvalue weighted by molar-refractivity contribution is -0.140. The number of hydrogen-bond acceptors (Lipinski definition) is 5. The second kappa shape index (κ2) is 6.94. The van der Waals surface area contributed by atoms with Gasteiger partial charge in [-0.15, -0.1) is 11.3 Å². The molecule has 130 valence electrons. The van der Waals surface area contributed by atoms with Gasteiger partial charge >= 0.3 is 6.18 Å². The fourth-order valence-electron chi connectivity index (χ4n) is 3.39. The van der Waals surface area contributed by atoms with E-state index in [9.17, 15) is 18.3 Å². The SMILES string of the molecule is OC1CCN(CC2CCCN(c3nc(C(F)(F)F)cs3)C2)CC1. The summed E-state index contributed by atoms with van der Waals surface area (Å²) in [4.78, 5) is 8.13. The molecule has 1 N–H and O–H groups in total. The highest BCUT2D eigenvalue weighted by molar-refractivity contribution is 7.13. The molecule has 3 heterocycles. The zero-order valence-electron chi connectivity index (χ0n) is 12.9. The molecule has 0 radical (unpaired) electrons. The predicted molar refractivity (Wildman–Crippen MR) is 83.7 cm³/mol. The van der Waals surface area contributed by atoms with Gasteiger partial charge < -0.3 is 14.9 Å². The summed E-state index contributed by atoms with van der Waals surface area (Å²) in [5.41, 5.74) is -0.787. The Bertz CT molecular complexity index is 514. The third kappa shape index (κ3) is 4.36. The fraction of sp³-hybridized carbons (Fsp3) is 0.800. The lowest BCUT2D eigenvalue weighted by atomic mass is 9.96. The molecule has 3 rings (SSSR count). The molecule has 0 aliphatic carbocycles. The smallest absolute Gasteiger partial charge is 0.393 e. The maximum absolute atomic E-state index is 12.7. The lowest BCUT2D eigenvalue weighted by Gasteiger charge is -2.37. The summed E-state index contributed by atoms with van der Waals surface area (Å²) in [5, 5.41) is 11.1. The van der Waals surface area contributed by atoms with Crippen molar-refractivity contribution in [1.82, 2.24) is 9.88 Å². The highest BCUT2D eigenvalue weighted by Crippen LogP contribution is 2.34. The monoisotopic (exact) mass is 349 g/mol. The molecule has 8 heteroatoms. The van der Waals surface area contributed by atoms with Crippen molar-refractivity contribution >= 4 is 16.5 Å². The molecular weight excluding hydrogens is 327 g/mol. The Morgan fingerprint density at radius 3 is 2.61 bits per heavy atom. The van der Waals surface area contributed by atoms with E-state index < -0.39 is 11.9 Å². The Balaban J connectivity index is 1.56. The number of thiazole rings is 1. The summed E-state index contributed by atoms with van der Waals surface area (Å²) in [7, 11) is 0. The van der Waals surface area contributed by atoms with Gasteiger partial charge in [-0.3, -0.25) is 0 Å². The number of piperidine rings is 2. The van der Waals surface area contributed by atoms with E-state index in [0.717, 1.165) is 75.1 Å². The summed E-state index contributed by atoms with van der Waals surface area (Å²) in [6.07, 6.45) is -0.811. The molecule has 1 aromatic heterocycles. The topological polar surface area (TPSA) is 39.6 Å². The van der Waals surface area contributed by atoms with Crippen molar-refractivity contribution in [2.45, 2.75) is 38.0 Å². The average molecular weight is 349 g/mol. The Hall–Kier alpha value is -0.860. The Morgan fingerprint density at radius 2 is 1.96 bits per heavy atom. The molecule has 2 fully saturated rings. The summed E-state index contributed by atoms with van der Waals surface area (Å²) in [6.45, 7) is 4.32. The van der Waals surface area contributed by atoms with Crippen molar-refractivity contribution in [1.29, 1.82) is 0 Å². The van der Waals surface area contributed by atoms with E-state index in [0.29, 0.717) is 11.0 Å². The van der Waals surface area contributed by atoms with Gasteiger partial charge in [0.25, 0.3) is 0 Å². The number of anilines is 1. The van der Waals surface area contributed by atoms with Gasteiger partial charge in [0.15, 0.2) is 10.8 Å². The van der Waals surface area contributed by atoms with Crippen LogP contribution in [0.4, 0.5) is 18.3 Å². The van der Waals surface area contributed by atoms with Crippen molar-refractivity contribution in [2.75, 3.05) is 37.6 Å². The minimum Gasteiger partial charge on any atom is -0.393 e. The summed E-state index contributed by atoms with van der Waals surface area (Å²) >= 11 is 1.08. The molecule has 0 aromatic carbocycles. The molecule has 1 unspecified atom stereocenters. The molecule has 1 atom stereocenters. The number of aliphatic hydroxyl groups is 1. The van der Waals surface area contributed by atoms with Gasteiger partial charge in [0, 0.05) is 38.1 Å². The molecule has 2 aliphatic heterocycles. The number of likely N-dealkylation sites (tertiary alicyclic amines) is 1. The first-order valence-electron chi connectivity index (χ1n) is 8.10. The van der Waals surface area contributed by atoms with Crippen LogP contribution in [0.25, 0.3) is 0 Å². The summed E-state index contributed by atoms with van der Waals surface area (Å²) in [5.74, 6) is 0.456. The van der Waals surface area contributed by atoms with Crippen LogP contribution in [0, 0.1) is 5.92 Å². The first kappa shape index (κ1) is 17.0. The quantitative estimate of drug-likeness (QED) is 0.911. The molecule has 2 saturated heterocycles. The molecule has 2 aliphatic rings. The maximum atomic E-state index is 12.7. The minimum atomic E-state index is -4.36. The standard InChI is InChI=1S/C15H22F3N3OS/c16-15(17,18)13-10-23-14(19-13)21-5-1-2-11(9-21)8-20-6-3-12(22)4-7-20/h10-12,22H,1-9H2. The first-order valence-corrected chi connectivity index (χ1v) is 8.98. The number of halogens is 3. The number of aliphatic hydroxyl groups excluding tert-OH is 1. The van der Waals surface area contributed by atoms with Gasteiger partial charge in [0.1, 0.15) is 0 Å². The predicted octanol–water partition coefficient (Wildman–Crippen LogP) is 2.84. The van der Waals surface area contributed by atoms with Gasteiger partial charge in [-0.25, -0.2) is 4.98 Å². The van der Waals surface area contributed by atoms with Crippen LogP contribution in [-0.4, -0.2) is 53.8 Å². The number of rotatable bonds is 3. The average Bonchev–Trinajstić information content (AvgIpc) is 3.00. The molecule has 0 bridgehead atoms. The number of alkyl halides is 3. The van der Waals surface area contributed by atoms with Gasteiger partial charge in [-0.05, 0) is 31.6 Å². The van der Waals surface area contributed by atoms with Crippen LogP contribution in [0.15, 0.2) is 5.38 Å². The summed E-state index contributed by atoms with van der Waals surface area (Å²) < 4.78 is 38.1. The van der Waals surface area contributed by atoms with Crippen molar-refractivity contribution in [3.8, 4) is 0 Å². The zero-order chi connectivity index (χ0) is 16.4. The largest absolute Gasteiger partial charge is 0.434 e. The van der Waals surface area contributed by atoms with Crippen LogP contribution in [0.5, 0.6) is 0 Å². The maximum Gasteiger partial charge on any atom is 0.434 e. The van der Waals surface area contributed by atoms with Crippen LogP contribution in [0.2, 0.25) is 0 Å². The third-order valence-corrected chi connectivity index (χ3v) is 5.55. The second-order valence-corrected chi connectivity index (χ2v) is 7.34. The Kier molecular flexibility index (Phi) is 5.13. The van der Waals surface area contributed by atoms with E-state index >= 15 is 0 Å². The highest BCUT2D eigenvalue weighted by Gasteiger charge is 2.35. The number of nitrogens with zero attached hydrogens (tertiary/aromatic N) is 3. The van der Waals surface area contributed by atoms with Gasteiger partial charge in [0.2, 0.25) is 0 Å². The summed E-state index contributed by atoms with van der Waals surface area (Å²) in [6, 6.07) is 0. The Labute approximate surface area is 137 Å². The molecule has 23 heavy (non-hydrogen) atoms. The molecule has 0 spiro atoms. The van der Waals surface area contributed by atoms with E-state index in [-0.39, 0.29) is 6.10 Å². The molecule has 4 nitrogen and oxygen atoms in total. The van der Waals surface area contributed by atoms with Gasteiger partial charge in [-0.1, -0.05) is 0 Å². The van der Waals surface area contributed by atoms with Gasteiger partial charge in [0.05, 0.1) is 6.10 Å². The van der Waals surface area contributed by atoms with Crippen LogP contribution >= 0.6 is 11.3 Å². The van der Waals surface area contributed by atoms with E-state index in [4.69, 9.17) is 0 Å². The Morgan fingerprint density at radius 1 is 1.22 bits per heavy atom. The van der Waals surface area contributed by atoms with E-state index in [1.54, 1.807) is 0 Å². The number of hydrogen-bond donors (Lipinski definition) is 1. The van der Waals surface area contributed by atoms with Crippen LogP contribution in [-0.2, 0) is 6.18 Å². The van der Waals surface area contributed by atoms with Crippen LogP contribution < -0.4 is 4.90 Å². The molecular formula is C15H22F3N3OS. The molecule has 0 amide bonds. The lowest BCUT2D eigenvalue weighted by Crippen LogP contribution is -2.44. The van der Waals surface area contributed by atoms with Crippen LogP contribution in [0.1, 0.15) is 31.4 Å². The first-order chi connectivity index (χ1) is 10.9. The minimum absolute atomic E-state index is 0.176. The van der Waals surface area contributed by atoms with Crippen molar-refractivity contribution in [2.24, 2.45) is 5.92 Å². The normalized spacial score (nSPS) is 25.0. The highest BCUT2D eigenvalue weighted by atomic mass is 32.1. The van der Waals surface area contributed by atoms with Crippen molar-refractivity contribution < 1.29 is 18.3 Å². The molecule has 0 saturated carbocycles. The third-order valence-electron chi connectivity index (χ3n) is 4.65. The fourth-order valence-corrected chi connectivity index (χ4v) is 4.26. The number of aromatic nitrogens is 1. The van der Waals surface area contributed by atoms with Gasteiger partial charge in [-0.2, -0.15) is 13.2 Å². The van der Waals surface area contributed by atoms with E-state index in [2.05, 4.69) is 9.88 Å². The molecule has 1 aromatic rings. The zero-order valence-corrected chi connectivity index (χ0v) is 13.7. The second-order valence-electron chi connectivity index (χ2n) is 6.50. The van der Waals surface area contributed by atoms with E-state index in [1.165, 1.54) is 0 Å². The van der Waals surface area contributed by atoms with Crippen molar-refractivity contribution in [3.05, 3.63) is 11.1 Å². The van der Waals surface area contributed by atoms with Crippen LogP contribution in [0.3, 0.4) is 0 Å².